The Bertz CT molecular complexity index is 313. The van der Waals surface area contributed by atoms with Crippen molar-refractivity contribution in [2.45, 2.75) is 19.4 Å². The van der Waals surface area contributed by atoms with Crippen molar-refractivity contribution in [1.29, 1.82) is 0 Å². The Hall–Kier alpha value is -0.670. The highest BCUT2D eigenvalue weighted by Gasteiger charge is 2.09. The van der Waals surface area contributed by atoms with Gasteiger partial charge in [0.2, 0.25) is 0 Å². The van der Waals surface area contributed by atoms with Crippen molar-refractivity contribution in [3.05, 3.63) is 34.4 Å². The molecule has 0 bridgehead atoms. The summed E-state index contributed by atoms with van der Waals surface area (Å²) in [5.41, 5.74) is 0.136. The Morgan fingerprint density at radius 1 is 1.38 bits per heavy atom. The van der Waals surface area contributed by atoms with Crippen LogP contribution >= 0.6 is 11.6 Å². The lowest BCUT2D eigenvalue weighted by Crippen LogP contribution is -2.06. The molecule has 0 aliphatic rings. The molecule has 0 amide bonds. The van der Waals surface area contributed by atoms with E-state index in [1.807, 2.05) is 0 Å². The first-order chi connectivity index (χ1) is 6.00. The number of halogens is 3. The molecule has 1 atom stereocenters. The summed E-state index contributed by atoms with van der Waals surface area (Å²) < 4.78 is 25.9. The van der Waals surface area contributed by atoms with Gasteiger partial charge >= 0.3 is 0 Å². The monoisotopic (exact) mass is 206 g/mol. The molecule has 13 heavy (non-hydrogen) atoms. The minimum Gasteiger partial charge on any atom is -0.393 e. The fourth-order valence-corrected chi connectivity index (χ4v) is 1.19. The average molecular weight is 207 g/mol. The summed E-state index contributed by atoms with van der Waals surface area (Å²) in [5.74, 6) is -1.26. The van der Waals surface area contributed by atoms with Crippen molar-refractivity contribution in [1.82, 2.24) is 0 Å². The molecule has 4 heteroatoms. The topological polar surface area (TPSA) is 20.2 Å². The zero-order chi connectivity index (χ0) is 10.0. The van der Waals surface area contributed by atoms with E-state index in [1.165, 1.54) is 6.92 Å². The van der Waals surface area contributed by atoms with Crippen molar-refractivity contribution in [3.63, 3.8) is 0 Å². The molecule has 72 valence electrons. The van der Waals surface area contributed by atoms with Crippen LogP contribution in [-0.4, -0.2) is 11.2 Å². The smallest absolute Gasteiger partial charge is 0.142 e. The summed E-state index contributed by atoms with van der Waals surface area (Å²) in [7, 11) is 0. The Kier molecular flexibility index (Phi) is 3.22. The second kappa shape index (κ2) is 4.03. The van der Waals surface area contributed by atoms with Gasteiger partial charge in [-0.2, -0.15) is 0 Å². The van der Waals surface area contributed by atoms with Gasteiger partial charge in [-0.05, 0) is 24.6 Å². The highest BCUT2D eigenvalue weighted by molar-refractivity contribution is 6.30. The van der Waals surface area contributed by atoms with Crippen molar-refractivity contribution in [2.24, 2.45) is 0 Å². The van der Waals surface area contributed by atoms with Crippen LogP contribution in [0, 0.1) is 11.6 Å². The zero-order valence-corrected chi connectivity index (χ0v) is 7.78. The number of benzene rings is 1. The number of aliphatic hydroxyl groups excluding tert-OH is 1. The van der Waals surface area contributed by atoms with E-state index in [0.717, 1.165) is 12.1 Å². The molecule has 0 saturated carbocycles. The summed E-state index contributed by atoms with van der Waals surface area (Å²) in [6, 6.07) is 1.92. The van der Waals surface area contributed by atoms with Gasteiger partial charge in [0.15, 0.2) is 0 Å². The van der Waals surface area contributed by atoms with Crippen LogP contribution in [-0.2, 0) is 6.42 Å². The first kappa shape index (κ1) is 10.4. The van der Waals surface area contributed by atoms with Crippen molar-refractivity contribution in [2.75, 3.05) is 0 Å². The molecule has 0 aliphatic carbocycles. The molecule has 0 fully saturated rings. The summed E-state index contributed by atoms with van der Waals surface area (Å²) in [6.45, 7) is 1.51. The molecule has 1 N–H and O–H groups in total. The quantitative estimate of drug-likeness (QED) is 0.738. The number of hydrogen-bond acceptors (Lipinski definition) is 1. The van der Waals surface area contributed by atoms with Gasteiger partial charge in [0.1, 0.15) is 11.6 Å². The lowest BCUT2D eigenvalue weighted by atomic mass is 10.1. The standard InChI is InChI=1S/C9H9ClF2O/c1-5(13)2-6-3-9(12)7(10)4-8(6)11/h3-5,13H,2H2,1H3. The van der Waals surface area contributed by atoms with Gasteiger partial charge in [-0.25, -0.2) is 8.78 Å². The molecule has 1 aromatic rings. The molecule has 0 spiro atoms. The molecular formula is C9H9ClF2O. The lowest BCUT2D eigenvalue weighted by Gasteiger charge is -2.06. The maximum Gasteiger partial charge on any atom is 0.142 e. The van der Waals surface area contributed by atoms with Crippen molar-refractivity contribution < 1.29 is 13.9 Å². The molecular weight excluding hydrogens is 198 g/mol. The number of hydrogen-bond donors (Lipinski definition) is 1. The van der Waals surface area contributed by atoms with Crippen LogP contribution in [0.1, 0.15) is 12.5 Å². The average Bonchev–Trinajstić information content (AvgIpc) is 1.99. The number of rotatable bonds is 2. The second-order valence-electron chi connectivity index (χ2n) is 2.91. The summed E-state index contributed by atoms with van der Waals surface area (Å²) in [4.78, 5) is 0. The van der Waals surface area contributed by atoms with Gasteiger partial charge in [-0.1, -0.05) is 11.6 Å². The van der Waals surface area contributed by atoms with Crippen LogP contribution in [0.5, 0.6) is 0 Å². The maximum absolute atomic E-state index is 13.0. The molecule has 0 aliphatic heterocycles. The summed E-state index contributed by atoms with van der Waals surface area (Å²) in [6.07, 6.45) is -0.616. The van der Waals surface area contributed by atoms with Crippen LogP contribution < -0.4 is 0 Å². The Morgan fingerprint density at radius 2 is 2.00 bits per heavy atom. The highest BCUT2D eigenvalue weighted by atomic mass is 35.5. The van der Waals surface area contributed by atoms with Crippen molar-refractivity contribution >= 4 is 11.6 Å². The molecule has 1 unspecified atom stereocenters. The van der Waals surface area contributed by atoms with E-state index in [4.69, 9.17) is 16.7 Å². The van der Waals surface area contributed by atoms with Crippen LogP contribution in [0.15, 0.2) is 12.1 Å². The van der Waals surface area contributed by atoms with Gasteiger partial charge in [0.25, 0.3) is 0 Å². The molecule has 0 radical (unpaired) electrons. The third kappa shape index (κ3) is 2.64. The minimum atomic E-state index is -0.699. The molecule has 1 nitrogen and oxygen atoms in total. The fourth-order valence-electron chi connectivity index (χ4n) is 1.04. The third-order valence-electron chi connectivity index (χ3n) is 1.60. The van der Waals surface area contributed by atoms with Gasteiger partial charge < -0.3 is 5.11 Å². The molecule has 1 rings (SSSR count). The SMILES string of the molecule is CC(O)Cc1cc(F)c(Cl)cc1F. The third-order valence-corrected chi connectivity index (χ3v) is 1.89. The van der Waals surface area contributed by atoms with Crippen LogP contribution in [0.4, 0.5) is 8.78 Å². The van der Waals surface area contributed by atoms with E-state index in [1.54, 1.807) is 0 Å². The predicted octanol–water partition coefficient (Wildman–Crippen LogP) is 2.54. The van der Waals surface area contributed by atoms with Gasteiger partial charge in [-0.3, -0.25) is 0 Å². The van der Waals surface area contributed by atoms with E-state index in [9.17, 15) is 8.78 Å². The largest absolute Gasteiger partial charge is 0.393 e. The Labute approximate surface area is 80.0 Å². The highest BCUT2D eigenvalue weighted by Crippen LogP contribution is 2.20. The van der Waals surface area contributed by atoms with E-state index in [-0.39, 0.29) is 17.0 Å². The normalized spacial score (nSPS) is 13.0. The van der Waals surface area contributed by atoms with E-state index < -0.39 is 17.7 Å². The minimum absolute atomic E-state index is 0.0833. The van der Waals surface area contributed by atoms with E-state index in [2.05, 4.69) is 0 Å². The Morgan fingerprint density at radius 3 is 2.54 bits per heavy atom. The lowest BCUT2D eigenvalue weighted by molar-refractivity contribution is 0.194. The Balaban J connectivity index is 3.01. The van der Waals surface area contributed by atoms with Crippen LogP contribution in [0.2, 0.25) is 5.02 Å². The van der Waals surface area contributed by atoms with E-state index in [0.29, 0.717) is 0 Å². The molecule has 0 heterocycles. The summed E-state index contributed by atoms with van der Waals surface area (Å²) >= 11 is 5.34. The number of aliphatic hydroxyl groups is 1. The second-order valence-corrected chi connectivity index (χ2v) is 3.32. The van der Waals surface area contributed by atoms with Gasteiger partial charge in [0.05, 0.1) is 11.1 Å². The molecule has 1 aromatic carbocycles. The van der Waals surface area contributed by atoms with Crippen molar-refractivity contribution in [3.8, 4) is 0 Å². The fraction of sp³-hybridized carbons (Fsp3) is 0.333. The van der Waals surface area contributed by atoms with Gasteiger partial charge in [-0.15, -0.1) is 0 Å². The zero-order valence-electron chi connectivity index (χ0n) is 7.02. The first-order valence-electron chi connectivity index (χ1n) is 3.82. The summed E-state index contributed by atoms with van der Waals surface area (Å²) in [5, 5.41) is 8.72. The molecule has 0 aromatic heterocycles. The van der Waals surface area contributed by atoms with E-state index >= 15 is 0 Å². The van der Waals surface area contributed by atoms with Crippen LogP contribution in [0.25, 0.3) is 0 Å². The maximum atomic E-state index is 13.0. The molecule has 0 saturated heterocycles. The predicted molar refractivity (Wildman–Crippen MR) is 46.8 cm³/mol. The first-order valence-corrected chi connectivity index (χ1v) is 4.20. The van der Waals surface area contributed by atoms with Crippen LogP contribution in [0.3, 0.4) is 0 Å². The van der Waals surface area contributed by atoms with Gasteiger partial charge in [0, 0.05) is 6.42 Å².